The Labute approximate surface area is 205 Å². The fourth-order valence-corrected chi connectivity index (χ4v) is 3.98. The molecule has 1 aromatic carbocycles. The van der Waals surface area contributed by atoms with Crippen molar-refractivity contribution in [2.24, 2.45) is 4.99 Å². The maximum atomic E-state index is 12.4. The van der Waals surface area contributed by atoms with Gasteiger partial charge in [0.1, 0.15) is 17.4 Å². The molecule has 2 aliphatic rings. The number of hydrogen-bond acceptors (Lipinski definition) is 9. The number of aliphatic imine (C=N–C) groups is 1. The Bertz CT molecular complexity index is 1240. The number of hydroxylamine groups is 1. The van der Waals surface area contributed by atoms with E-state index in [-0.39, 0.29) is 5.75 Å². The summed E-state index contributed by atoms with van der Waals surface area (Å²) in [5.74, 6) is 2.07. The van der Waals surface area contributed by atoms with Gasteiger partial charge in [0.25, 0.3) is 0 Å². The van der Waals surface area contributed by atoms with Gasteiger partial charge in [-0.2, -0.15) is 5.10 Å². The predicted molar refractivity (Wildman–Crippen MR) is 124 cm³/mol. The summed E-state index contributed by atoms with van der Waals surface area (Å²) in [4.78, 5) is 23.6. The van der Waals surface area contributed by atoms with Crippen LogP contribution >= 0.6 is 0 Å². The number of piperazine rings is 1. The molecule has 190 valence electrons. The molecule has 1 N–H and O–H groups in total. The molecule has 1 atom stereocenters. The monoisotopic (exact) mass is 502 g/mol. The second kappa shape index (κ2) is 9.74. The van der Waals surface area contributed by atoms with E-state index >= 15 is 0 Å². The van der Waals surface area contributed by atoms with Gasteiger partial charge in [-0.25, -0.2) is 30.0 Å². The summed E-state index contributed by atoms with van der Waals surface area (Å²) in [6.45, 7) is 6.24. The summed E-state index contributed by atoms with van der Waals surface area (Å²) in [5, 5.41) is 4.57. The maximum Gasteiger partial charge on any atom is 0.573 e. The van der Waals surface area contributed by atoms with Crippen LogP contribution in [-0.4, -0.2) is 70.1 Å². The Morgan fingerprint density at radius 1 is 1.11 bits per heavy atom. The lowest BCUT2D eigenvalue weighted by atomic mass is 10.2. The number of nitrogens with one attached hydrogen (secondary N) is 1. The number of rotatable bonds is 6. The van der Waals surface area contributed by atoms with Crippen molar-refractivity contribution < 1.29 is 22.7 Å². The van der Waals surface area contributed by atoms with Crippen molar-refractivity contribution in [2.75, 3.05) is 38.1 Å². The summed E-state index contributed by atoms with van der Waals surface area (Å²) in [6, 6.07) is 9.36. The summed E-state index contributed by atoms with van der Waals surface area (Å²) in [5.41, 5.74) is 4.28. The van der Waals surface area contributed by atoms with Gasteiger partial charge in [0.15, 0.2) is 5.84 Å². The number of hydrogen-bond donors (Lipinski definition) is 1. The smallest absolute Gasteiger partial charge is 0.406 e. The van der Waals surface area contributed by atoms with Crippen molar-refractivity contribution in [3.8, 4) is 5.75 Å². The van der Waals surface area contributed by atoms with Gasteiger partial charge in [-0.05, 0) is 55.9 Å². The Kier molecular flexibility index (Phi) is 6.49. The molecule has 0 bridgehead atoms. The topological polar surface area (TPSA) is 92.9 Å². The van der Waals surface area contributed by atoms with Gasteiger partial charge in [0.2, 0.25) is 12.1 Å². The molecule has 13 heteroatoms. The minimum absolute atomic E-state index is 0.315. The van der Waals surface area contributed by atoms with Crippen molar-refractivity contribution in [1.82, 2.24) is 30.1 Å². The molecular weight excluding hydrogens is 477 g/mol. The summed E-state index contributed by atoms with van der Waals surface area (Å²) < 4.78 is 42.8. The van der Waals surface area contributed by atoms with E-state index in [9.17, 15) is 13.2 Å². The molecule has 2 aromatic heterocycles. The second-order valence-electron chi connectivity index (χ2n) is 8.61. The van der Waals surface area contributed by atoms with Gasteiger partial charge in [0, 0.05) is 37.9 Å². The van der Waals surface area contributed by atoms with Crippen LogP contribution in [-0.2, 0) is 11.4 Å². The van der Waals surface area contributed by atoms with Crippen LogP contribution in [0.2, 0.25) is 0 Å². The highest BCUT2D eigenvalue weighted by atomic mass is 19.4. The number of alkyl halides is 3. The molecule has 0 amide bonds. The van der Waals surface area contributed by atoms with Crippen molar-refractivity contribution in [2.45, 2.75) is 26.1 Å². The van der Waals surface area contributed by atoms with Crippen molar-refractivity contribution >= 4 is 11.7 Å². The number of anilines is 1. The SMILES string of the molecule is Cc1nc(C2N=C(c3ccc(OC(F)(F)F)cc3)NO2)nn1Cc1ccnc(N2CCN(C)CC2)c1. The van der Waals surface area contributed by atoms with Crippen LogP contribution in [0.15, 0.2) is 47.6 Å². The lowest BCUT2D eigenvalue weighted by molar-refractivity contribution is -0.274. The summed E-state index contributed by atoms with van der Waals surface area (Å²) in [7, 11) is 2.12. The van der Waals surface area contributed by atoms with E-state index in [1.54, 1.807) is 4.68 Å². The van der Waals surface area contributed by atoms with Crippen LogP contribution in [0.3, 0.4) is 0 Å². The normalized spacial score (nSPS) is 18.8. The molecule has 1 unspecified atom stereocenters. The van der Waals surface area contributed by atoms with E-state index in [0.29, 0.717) is 29.6 Å². The molecule has 36 heavy (non-hydrogen) atoms. The number of aromatic nitrogens is 4. The van der Waals surface area contributed by atoms with Crippen LogP contribution in [0.5, 0.6) is 5.75 Å². The first-order chi connectivity index (χ1) is 17.2. The number of aryl methyl sites for hydroxylation is 1. The van der Waals surface area contributed by atoms with Gasteiger partial charge in [0.05, 0.1) is 6.54 Å². The van der Waals surface area contributed by atoms with Gasteiger partial charge < -0.3 is 14.5 Å². The quantitative estimate of drug-likeness (QED) is 0.550. The highest BCUT2D eigenvalue weighted by Crippen LogP contribution is 2.25. The highest BCUT2D eigenvalue weighted by Gasteiger charge is 2.31. The summed E-state index contributed by atoms with van der Waals surface area (Å²) in [6.07, 6.45) is -3.73. The third kappa shape index (κ3) is 5.57. The van der Waals surface area contributed by atoms with Crippen molar-refractivity contribution in [3.05, 3.63) is 65.4 Å². The van der Waals surface area contributed by atoms with E-state index in [0.717, 1.165) is 37.6 Å². The van der Waals surface area contributed by atoms with Crippen LogP contribution in [0, 0.1) is 6.92 Å². The largest absolute Gasteiger partial charge is 0.573 e. The Morgan fingerprint density at radius 2 is 1.86 bits per heavy atom. The number of pyridine rings is 1. The molecule has 0 radical (unpaired) electrons. The third-order valence-electron chi connectivity index (χ3n) is 5.94. The molecule has 0 saturated carbocycles. The first kappa shape index (κ1) is 24.0. The Hall–Kier alpha value is -3.71. The molecule has 0 aliphatic carbocycles. The molecule has 0 spiro atoms. The van der Waals surface area contributed by atoms with E-state index < -0.39 is 12.6 Å². The van der Waals surface area contributed by atoms with Crippen LogP contribution in [0.25, 0.3) is 0 Å². The predicted octanol–water partition coefficient (Wildman–Crippen LogP) is 2.66. The molecule has 5 rings (SSSR count). The minimum atomic E-state index is -4.75. The second-order valence-corrected chi connectivity index (χ2v) is 8.61. The molecule has 10 nitrogen and oxygen atoms in total. The van der Waals surface area contributed by atoms with Gasteiger partial charge in [-0.1, -0.05) is 0 Å². The standard InChI is InChI=1S/C23H25F3N8O2/c1-15-28-21(22-29-20(31-36-22)17-3-5-18(6-4-17)35-23(24,25)26)30-34(15)14-16-7-8-27-19(13-16)33-11-9-32(2)10-12-33/h3-8,13,22H,9-12,14H2,1-2H3,(H,29,31). The third-order valence-corrected chi connectivity index (χ3v) is 5.94. The lowest BCUT2D eigenvalue weighted by Crippen LogP contribution is -2.44. The number of halogens is 3. The zero-order valence-electron chi connectivity index (χ0n) is 19.7. The average molecular weight is 503 g/mol. The molecule has 2 aliphatic heterocycles. The van der Waals surface area contributed by atoms with Crippen molar-refractivity contribution in [1.29, 1.82) is 0 Å². The maximum absolute atomic E-state index is 12.4. The molecule has 1 saturated heterocycles. The zero-order chi connectivity index (χ0) is 25.3. The van der Waals surface area contributed by atoms with Gasteiger partial charge in [-0.3, -0.25) is 0 Å². The van der Waals surface area contributed by atoms with E-state index in [1.165, 1.54) is 24.3 Å². The first-order valence-corrected chi connectivity index (χ1v) is 11.4. The van der Waals surface area contributed by atoms with Crippen LogP contribution in [0.1, 0.15) is 29.0 Å². The van der Waals surface area contributed by atoms with Crippen LogP contribution in [0.4, 0.5) is 19.0 Å². The lowest BCUT2D eigenvalue weighted by Gasteiger charge is -2.33. The first-order valence-electron chi connectivity index (χ1n) is 11.4. The fraction of sp³-hybridized carbons (Fsp3) is 0.391. The Morgan fingerprint density at radius 3 is 2.58 bits per heavy atom. The highest BCUT2D eigenvalue weighted by molar-refractivity contribution is 5.98. The molecule has 4 heterocycles. The van der Waals surface area contributed by atoms with E-state index in [4.69, 9.17) is 4.84 Å². The summed E-state index contributed by atoms with van der Waals surface area (Å²) >= 11 is 0. The van der Waals surface area contributed by atoms with Gasteiger partial charge in [-0.15, -0.1) is 13.2 Å². The fourth-order valence-electron chi connectivity index (χ4n) is 3.98. The number of amidine groups is 1. The number of likely N-dealkylation sites (N-methyl/N-ethyl adjacent to an activating group) is 1. The van der Waals surface area contributed by atoms with E-state index in [1.807, 2.05) is 19.2 Å². The average Bonchev–Trinajstić information content (AvgIpc) is 3.47. The van der Waals surface area contributed by atoms with Crippen LogP contribution < -0.4 is 15.1 Å². The van der Waals surface area contributed by atoms with Gasteiger partial charge >= 0.3 is 6.36 Å². The molecular formula is C23H25F3N8O2. The molecule has 1 fully saturated rings. The van der Waals surface area contributed by atoms with E-state index in [2.05, 4.69) is 53.2 Å². The van der Waals surface area contributed by atoms with Crippen molar-refractivity contribution in [3.63, 3.8) is 0 Å². The number of nitrogens with zero attached hydrogens (tertiary/aromatic N) is 7. The zero-order valence-corrected chi connectivity index (χ0v) is 19.7. The Balaban J connectivity index is 1.26. The number of ether oxygens (including phenoxy) is 1. The molecule has 3 aromatic rings. The number of benzene rings is 1. The minimum Gasteiger partial charge on any atom is -0.406 e.